The van der Waals surface area contributed by atoms with Crippen molar-refractivity contribution in [2.45, 2.75) is 6.92 Å². The third kappa shape index (κ3) is 1.61. The van der Waals surface area contributed by atoms with Gasteiger partial charge >= 0.3 is 0 Å². The number of fused-ring (bicyclic) bond motifs is 1. The third-order valence-electron chi connectivity index (χ3n) is 3.01. The predicted octanol–water partition coefficient (Wildman–Crippen LogP) is 3.03. The second-order valence-electron chi connectivity index (χ2n) is 4.24. The van der Waals surface area contributed by atoms with Crippen LogP contribution in [0.1, 0.15) is 15.9 Å². The average Bonchev–Trinajstić information content (AvgIpc) is 2.84. The Bertz CT molecular complexity index is 714. The molecule has 18 heavy (non-hydrogen) atoms. The molecule has 3 nitrogen and oxygen atoms in total. The summed E-state index contributed by atoms with van der Waals surface area (Å²) in [5, 5.41) is 5.19. The maximum absolute atomic E-state index is 12.4. The lowest BCUT2D eigenvalue weighted by Gasteiger charge is -2.04. The molecule has 0 fully saturated rings. The molecule has 0 bridgehead atoms. The molecule has 1 aromatic heterocycles. The van der Waals surface area contributed by atoms with Crippen LogP contribution >= 0.6 is 0 Å². The summed E-state index contributed by atoms with van der Waals surface area (Å²) >= 11 is 0. The fourth-order valence-corrected chi connectivity index (χ4v) is 2.11. The van der Waals surface area contributed by atoms with Crippen LogP contribution in [0.25, 0.3) is 10.9 Å². The highest BCUT2D eigenvalue weighted by Gasteiger charge is 2.13. The number of carbonyl (C=O) groups is 1. The van der Waals surface area contributed by atoms with E-state index in [1.807, 2.05) is 43.3 Å². The maximum atomic E-state index is 12.4. The molecule has 3 heteroatoms. The van der Waals surface area contributed by atoms with E-state index in [0.717, 1.165) is 16.5 Å². The van der Waals surface area contributed by atoms with Crippen LogP contribution in [-0.2, 0) is 0 Å². The molecule has 0 N–H and O–H groups in total. The van der Waals surface area contributed by atoms with E-state index in [-0.39, 0.29) is 5.91 Å². The third-order valence-corrected chi connectivity index (χ3v) is 3.01. The Balaban J connectivity index is 2.19. The van der Waals surface area contributed by atoms with Gasteiger partial charge in [0.15, 0.2) is 0 Å². The first-order chi connectivity index (χ1) is 8.77. The molecule has 88 valence electrons. The summed E-state index contributed by atoms with van der Waals surface area (Å²) in [5.74, 6) is -0.0973. The van der Waals surface area contributed by atoms with E-state index in [1.165, 1.54) is 4.68 Å². The van der Waals surface area contributed by atoms with Crippen LogP contribution in [0.5, 0.6) is 0 Å². The molecule has 1 heterocycles. The Morgan fingerprint density at radius 2 is 1.83 bits per heavy atom. The van der Waals surface area contributed by atoms with E-state index in [0.29, 0.717) is 5.56 Å². The number of benzene rings is 2. The molecule has 0 radical (unpaired) electrons. The normalized spacial score (nSPS) is 10.7. The van der Waals surface area contributed by atoms with Crippen molar-refractivity contribution in [1.82, 2.24) is 9.78 Å². The fraction of sp³-hybridized carbons (Fsp3) is 0.0667. The van der Waals surface area contributed by atoms with Crippen molar-refractivity contribution < 1.29 is 4.79 Å². The minimum Gasteiger partial charge on any atom is -0.267 e. The van der Waals surface area contributed by atoms with E-state index >= 15 is 0 Å². The van der Waals surface area contributed by atoms with Gasteiger partial charge in [0.1, 0.15) is 0 Å². The quantitative estimate of drug-likeness (QED) is 0.651. The van der Waals surface area contributed by atoms with Crippen molar-refractivity contribution in [3.63, 3.8) is 0 Å². The van der Waals surface area contributed by atoms with E-state index < -0.39 is 0 Å². The van der Waals surface area contributed by atoms with Crippen molar-refractivity contribution in [3.05, 3.63) is 65.9 Å². The van der Waals surface area contributed by atoms with E-state index in [2.05, 4.69) is 5.10 Å². The van der Waals surface area contributed by atoms with Crippen LogP contribution in [0.2, 0.25) is 0 Å². The molecule has 0 spiro atoms. The maximum Gasteiger partial charge on any atom is 0.278 e. The number of hydrogen-bond acceptors (Lipinski definition) is 2. The van der Waals surface area contributed by atoms with Crippen LogP contribution < -0.4 is 0 Å². The van der Waals surface area contributed by atoms with Gasteiger partial charge in [0.25, 0.3) is 5.91 Å². The Hall–Kier alpha value is -2.42. The standard InChI is InChI=1S/C15H12N2O/c1-11-6-5-9-13-10-16-17(14(11)13)15(18)12-7-3-2-4-8-12/h2-10H,1H3. The zero-order chi connectivity index (χ0) is 12.5. The van der Waals surface area contributed by atoms with Gasteiger partial charge in [-0.05, 0) is 24.6 Å². The number of aromatic nitrogens is 2. The Kier molecular flexibility index (Phi) is 2.45. The molecule has 3 rings (SSSR count). The number of hydrogen-bond donors (Lipinski definition) is 0. The molecule has 0 aliphatic heterocycles. The van der Waals surface area contributed by atoms with Gasteiger partial charge in [0, 0.05) is 10.9 Å². The largest absolute Gasteiger partial charge is 0.278 e. The first kappa shape index (κ1) is 10.7. The van der Waals surface area contributed by atoms with Gasteiger partial charge in [-0.15, -0.1) is 0 Å². The minimum absolute atomic E-state index is 0.0973. The zero-order valence-corrected chi connectivity index (χ0v) is 10.00. The van der Waals surface area contributed by atoms with Crippen molar-refractivity contribution in [2.24, 2.45) is 0 Å². The molecule has 0 aliphatic rings. The van der Waals surface area contributed by atoms with Crippen molar-refractivity contribution in [1.29, 1.82) is 0 Å². The number of para-hydroxylation sites is 1. The summed E-state index contributed by atoms with van der Waals surface area (Å²) in [6.45, 7) is 1.98. The van der Waals surface area contributed by atoms with Gasteiger partial charge in [-0.3, -0.25) is 4.79 Å². The molecule has 0 aliphatic carbocycles. The lowest BCUT2D eigenvalue weighted by Crippen LogP contribution is -2.13. The average molecular weight is 236 g/mol. The Morgan fingerprint density at radius 1 is 1.06 bits per heavy atom. The molecule has 0 unspecified atom stereocenters. The molecule has 0 amide bonds. The summed E-state index contributed by atoms with van der Waals surface area (Å²) in [5.41, 5.74) is 2.58. The predicted molar refractivity (Wildman–Crippen MR) is 70.6 cm³/mol. The summed E-state index contributed by atoms with van der Waals surface area (Å²) in [7, 11) is 0. The van der Waals surface area contributed by atoms with Crippen LogP contribution in [-0.4, -0.2) is 15.7 Å². The summed E-state index contributed by atoms with van der Waals surface area (Å²) in [4.78, 5) is 12.4. The SMILES string of the molecule is Cc1cccc2cnn(C(=O)c3ccccc3)c12. The molecule has 3 aromatic rings. The lowest BCUT2D eigenvalue weighted by atomic mass is 10.1. The zero-order valence-electron chi connectivity index (χ0n) is 10.00. The second-order valence-corrected chi connectivity index (χ2v) is 4.24. The number of nitrogens with zero attached hydrogens (tertiary/aromatic N) is 2. The number of rotatable bonds is 1. The monoisotopic (exact) mass is 236 g/mol. The van der Waals surface area contributed by atoms with Gasteiger partial charge in [0.05, 0.1) is 11.7 Å². The van der Waals surface area contributed by atoms with Gasteiger partial charge in [-0.25, -0.2) is 0 Å². The van der Waals surface area contributed by atoms with Gasteiger partial charge < -0.3 is 0 Å². The molecule has 2 aromatic carbocycles. The highest BCUT2D eigenvalue weighted by Crippen LogP contribution is 2.18. The Labute approximate surface area is 105 Å². The highest BCUT2D eigenvalue weighted by molar-refractivity contribution is 6.01. The van der Waals surface area contributed by atoms with E-state index in [9.17, 15) is 4.79 Å². The second kappa shape index (κ2) is 4.11. The van der Waals surface area contributed by atoms with Gasteiger partial charge in [-0.1, -0.05) is 36.4 Å². The molecular formula is C15H12N2O. The number of aryl methyl sites for hydroxylation is 1. The Morgan fingerprint density at radius 3 is 2.61 bits per heavy atom. The van der Waals surface area contributed by atoms with Crippen LogP contribution in [0.15, 0.2) is 54.7 Å². The number of carbonyl (C=O) groups excluding carboxylic acids is 1. The summed E-state index contributed by atoms with van der Waals surface area (Å²) < 4.78 is 1.47. The van der Waals surface area contributed by atoms with Crippen LogP contribution in [0.4, 0.5) is 0 Å². The van der Waals surface area contributed by atoms with Crippen LogP contribution in [0, 0.1) is 6.92 Å². The van der Waals surface area contributed by atoms with Crippen molar-refractivity contribution in [3.8, 4) is 0 Å². The fourth-order valence-electron chi connectivity index (χ4n) is 2.11. The van der Waals surface area contributed by atoms with Crippen LogP contribution in [0.3, 0.4) is 0 Å². The van der Waals surface area contributed by atoms with Gasteiger partial charge in [0.2, 0.25) is 0 Å². The first-order valence-corrected chi connectivity index (χ1v) is 5.80. The first-order valence-electron chi connectivity index (χ1n) is 5.80. The smallest absolute Gasteiger partial charge is 0.267 e. The topological polar surface area (TPSA) is 34.9 Å². The van der Waals surface area contributed by atoms with Crippen molar-refractivity contribution in [2.75, 3.05) is 0 Å². The highest BCUT2D eigenvalue weighted by atomic mass is 16.2. The van der Waals surface area contributed by atoms with Gasteiger partial charge in [-0.2, -0.15) is 9.78 Å². The summed E-state index contributed by atoms with van der Waals surface area (Å²) in [6.07, 6.45) is 1.73. The molecule has 0 atom stereocenters. The molecule has 0 saturated heterocycles. The minimum atomic E-state index is -0.0973. The lowest BCUT2D eigenvalue weighted by molar-refractivity contribution is 0.0950. The molecule has 0 saturated carbocycles. The van der Waals surface area contributed by atoms with E-state index in [4.69, 9.17) is 0 Å². The molecular weight excluding hydrogens is 224 g/mol. The summed E-state index contributed by atoms with van der Waals surface area (Å²) in [6, 6.07) is 15.1. The van der Waals surface area contributed by atoms with E-state index in [1.54, 1.807) is 18.3 Å². The van der Waals surface area contributed by atoms with Crippen molar-refractivity contribution >= 4 is 16.8 Å².